The topological polar surface area (TPSA) is 51.7 Å². The summed E-state index contributed by atoms with van der Waals surface area (Å²) >= 11 is 0. The minimum Gasteiger partial charge on any atom is -0.487 e. The minimum absolute atomic E-state index is 0.00751. The van der Waals surface area contributed by atoms with E-state index >= 15 is 0 Å². The lowest BCUT2D eigenvalue weighted by atomic mass is 10.1. The Morgan fingerprint density at radius 3 is 2.83 bits per heavy atom. The van der Waals surface area contributed by atoms with Gasteiger partial charge in [0.1, 0.15) is 12.4 Å². The fourth-order valence-corrected chi connectivity index (χ4v) is 2.62. The number of hydrogen-bond donors (Lipinski definition) is 0. The van der Waals surface area contributed by atoms with Crippen molar-refractivity contribution in [2.45, 2.75) is 18.9 Å². The molecule has 0 unspecified atom stereocenters. The quantitative estimate of drug-likeness (QED) is 0.770. The van der Waals surface area contributed by atoms with Gasteiger partial charge in [0.25, 0.3) is 0 Å². The number of hydrogen-bond acceptors (Lipinski definition) is 4. The van der Waals surface area contributed by atoms with Crippen LogP contribution < -0.4 is 4.74 Å². The van der Waals surface area contributed by atoms with Gasteiger partial charge in [0.15, 0.2) is 0 Å². The van der Waals surface area contributed by atoms with Crippen molar-refractivity contribution < 1.29 is 14.4 Å². The molecule has 5 heteroatoms. The van der Waals surface area contributed by atoms with Gasteiger partial charge in [-0.1, -0.05) is 30.3 Å². The third kappa shape index (κ3) is 3.68. The lowest BCUT2D eigenvalue weighted by Gasteiger charge is -2.13. The number of carbonyl (C=O) groups excluding carboxylic acids is 1. The molecule has 0 bridgehead atoms. The molecule has 1 saturated carbocycles. The lowest BCUT2D eigenvalue weighted by molar-refractivity contribution is -0.170. The zero-order chi connectivity index (χ0) is 16.2. The highest BCUT2D eigenvalue weighted by atomic mass is 16.7. The van der Waals surface area contributed by atoms with Crippen molar-refractivity contribution in [2.75, 3.05) is 14.2 Å². The first kappa shape index (κ1) is 15.5. The first-order chi connectivity index (χ1) is 11.2. The summed E-state index contributed by atoms with van der Waals surface area (Å²) in [6.45, 7) is 0.505. The van der Waals surface area contributed by atoms with Crippen LogP contribution in [0.25, 0.3) is 0 Å². The number of amides is 1. The normalized spacial score (nSPS) is 19.2. The highest BCUT2D eigenvalue weighted by molar-refractivity contribution is 5.81. The molecule has 1 fully saturated rings. The first-order valence-electron chi connectivity index (χ1n) is 7.62. The van der Waals surface area contributed by atoms with Crippen LogP contribution in [0.2, 0.25) is 0 Å². The number of carbonyl (C=O) groups is 1. The van der Waals surface area contributed by atoms with Gasteiger partial charge in [-0.25, -0.2) is 5.06 Å². The zero-order valence-corrected chi connectivity index (χ0v) is 13.3. The molecule has 1 aliphatic rings. The molecule has 1 aromatic heterocycles. The van der Waals surface area contributed by atoms with Gasteiger partial charge in [-0.2, -0.15) is 0 Å². The van der Waals surface area contributed by atoms with Crippen LogP contribution in [0.4, 0.5) is 0 Å². The Labute approximate surface area is 135 Å². The summed E-state index contributed by atoms with van der Waals surface area (Å²) in [6, 6.07) is 12.0. The molecule has 0 radical (unpaired) electrons. The summed E-state index contributed by atoms with van der Waals surface area (Å²) in [5, 5.41) is 1.29. The smallest absolute Gasteiger partial charge is 0.249 e. The highest BCUT2D eigenvalue weighted by Crippen LogP contribution is 2.48. The molecule has 0 spiro atoms. The standard InChI is InChI=1S/C18H20N2O3/c1-20(22-2)18(21)17-9-16(17)14-8-15(11-19-10-14)23-12-13-6-4-3-5-7-13/h3-8,10-11,16-17H,9,12H2,1-2H3/t16-,17+/m0/s1. The number of hydroxylamine groups is 2. The molecule has 1 aliphatic carbocycles. The average Bonchev–Trinajstić information content (AvgIpc) is 3.40. The van der Waals surface area contributed by atoms with Crippen LogP contribution in [-0.2, 0) is 16.2 Å². The van der Waals surface area contributed by atoms with Crippen LogP contribution in [0.3, 0.4) is 0 Å². The van der Waals surface area contributed by atoms with Gasteiger partial charge in [-0.15, -0.1) is 0 Å². The van der Waals surface area contributed by atoms with Crippen LogP contribution in [-0.4, -0.2) is 30.1 Å². The monoisotopic (exact) mass is 312 g/mol. The molecule has 3 rings (SSSR count). The Morgan fingerprint density at radius 2 is 2.09 bits per heavy atom. The summed E-state index contributed by atoms with van der Waals surface area (Å²) in [5.74, 6) is 0.914. The van der Waals surface area contributed by atoms with Crippen molar-refractivity contribution >= 4 is 5.91 Å². The van der Waals surface area contributed by atoms with Crippen molar-refractivity contribution in [3.63, 3.8) is 0 Å². The summed E-state index contributed by atoms with van der Waals surface area (Å²) in [5.41, 5.74) is 2.15. The van der Waals surface area contributed by atoms with Gasteiger partial charge in [-0.05, 0) is 29.5 Å². The average molecular weight is 312 g/mol. The predicted molar refractivity (Wildman–Crippen MR) is 85.6 cm³/mol. The molecule has 0 N–H and O–H groups in total. The summed E-state index contributed by atoms with van der Waals surface area (Å²) in [4.78, 5) is 21.3. The molecule has 1 amide bonds. The van der Waals surface area contributed by atoms with E-state index in [0.29, 0.717) is 6.61 Å². The van der Waals surface area contributed by atoms with Crippen molar-refractivity contribution in [1.29, 1.82) is 0 Å². The van der Waals surface area contributed by atoms with Crippen molar-refractivity contribution in [3.8, 4) is 5.75 Å². The van der Waals surface area contributed by atoms with E-state index in [9.17, 15) is 4.79 Å². The molecule has 0 saturated heterocycles. The van der Waals surface area contributed by atoms with E-state index in [2.05, 4.69) is 4.98 Å². The molecule has 2 aromatic rings. The van der Waals surface area contributed by atoms with E-state index in [1.54, 1.807) is 19.4 Å². The van der Waals surface area contributed by atoms with E-state index in [0.717, 1.165) is 23.3 Å². The molecular formula is C18H20N2O3. The molecule has 120 valence electrons. The second-order valence-corrected chi connectivity index (χ2v) is 5.70. The fourth-order valence-electron chi connectivity index (χ4n) is 2.62. The largest absolute Gasteiger partial charge is 0.487 e. The predicted octanol–water partition coefficient (Wildman–Crippen LogP) is 2.78. The van der Waals surface area contributed by atoms with Crippen LogP contribution in [0.15, 0.2) is 48.8 Å². The van der Waals surface area contributed by atoms with Gasteiger partial charge in [-0.3, -0.25) is 14.6 Å². The maximum atomic E-state index is 12.1. The van der Waals surface area contributed by atoms with Crippen LogP contribution >= 0.6 is 0 Å². The van der Waals surface area contributed by atoms with Crippen molar-refractivity contribution in [3.05, 3.63) is 59.9 Å². The van der Waals surface area contributed by atoms with E-state index < -0.39 is 0 Å². The maximum absolute atomic E-state index is 12.1. The number of aromatic nitrogens is 1. The second kappa shape index (κ2) is 6.79. The second-order valence-electron chi connectivity index (χ2n) is 5.70. The highest BCUT2D eigenvalue weighted by Gasteiger charge is 2.45. The van der Waals surface area contributed by atoms with Gasteiger partial charge < -0.3 is 4.74 Å². The van der Waals surface area contributed by atoms with Crippen molar-refractivity contribution in [1.82, 2.24) is 10.0 Å². The SMILES string of the molecule is CON(C)C(=O)[C@@H]1C[C@H]1c1cncc(OCc2ccccc2)c1. The van der Waals surface area contributed by atoms with Crippen molar-refractivity contribution in [2.24, 2.45) is 5.92 Å². The van der Waals surface area contributed by atoms with E-state index in [-0.39, 0.29) is 17.7 Å². The number of ether oxygens (including phenoxy) is 1. The number of nitrogens with zero attached hydrogens (tertiary/aromatic N) is 2. The van der Waals surface area contributed by atoms with Gasteiger partial charge >= 0.3 is 0 Å². The number of pyridine rings is 1. The van der Waals surface area contributed by atoms with E-state index in [1.165, 1.54) is 12.2 Å². The molecule has 1 aromatic carbocycles. The summed E-state index contributed by atoms with van der Waals surface area (Å²) in [7, 11) is 3.13. The Hall–Kier alpha value is -2.40. The summed E-state index contributed by atoms with van der Waals surface area (Å²) < 4.78 is 5.79. The number of rotatable bonds is 6. The molecule has 2 atom stereocenters. The molecule has 5 nitrogen and oxygen atoms in total. The molecular weight excluding hydrogens is 292 g/mol. The third-order valence-corrected chi connectivity index (χ3v) is 4.10. The molecule has 23 heavy (non-hydrogen) atoms. The Balaban J connectivity index is 1.61. The zero-order valence-electron chi connectivity index (χ0n) is 13.3. The molecule has 1 heterocycles. The summed E-state index contributed by atoms with van der Waals surface area (Å²) in [6.07, 6.45) is 4.34. The Kier molecular flexibility index (Phi) is 4.57. The van der Waals surface area contributed by atoms with Crippen LogP contribution in [0, 0.1) is 5.92 Å². The third-order valence-electron chi connectivity index (χ3n) is 4.10. The number of benzene rings is 1. The van der Waals surface area contributed by atoms with E-state index in [4.69, 9.17) is 9.57 Å². The van der Waals surface area contributed by atoms with Gasteiger partial charge in [0, 0.05) is 19.2 Å². The first-order valence-corrected chi connectivity index (χ1v) is 7.62. The van der Waals surface area contributed by atoms with Crippen LogP contribution in [0.5, 0.6) is 5.75 Å². The Bertz CT molecular complexity index is 675. The minimum atomic E-state index is -0.0221. The maximum Gasteiger partial charge on any atom is 0.249 e. The van der Waals surface area contributed by atoms with E-state index in [1.807, 2.05) is 36.4 Å². The molecule has 0 aliphatic heterocycles. The van der Waals surface area contributed by atoms with Crippen LogP contribution in [0.1, 0.15) is 23.5 Å². The fraction of sp³-hybridized carbons (Fsp3) is 0.333. The lowest BCUT2D eigenvalue weighted by Crippen LogP contribution is -2.27. The van der Waals surface area contributed by atoms with Gasteiger partial charge in [0.2, 0.25) is 5.91 Å². The Morgan fingerprint density at radius 1 is 1.30 bits per heavy atom. The van der Waals surface area contributed by atoms with Gasteiger partial charge in [0.05, 0.1) is 13.3 Å².